The average molecular weight is 255 g/mol. The Morgan fingerprint density at radius 1 is 1.64 bits per heavy atom. The van der Waals surface area contributed by atoms with Gasteiger partial charge in [-0.2, -0.15) is 0 Å². The SMILES string of the molecule is CC(CN)N(C)Cc1cc(Cl)cs1.Cl. The van der Waals surface area contributed by atoms with Crippen LogP contribution in [-0.2, 0) is 6.54 Å². The zero-order valence-electron chi connectivity index (χ0n) is 8.37. The first-order chi connectivity index (χ1) is 6.13. The zero-order valence-corrected chi connectivity index (χ0v) is 10.8. The minimum absolute atomic E-state index is 0. The third-order valence-electron chi connectivity index (χ3n) is 2.12. The zero-order chi connectivity index (χ0) is 9.84. The molecule has 0 bridgehead atoms. The highest BCUT2D eigenvalue weighted by molar-refractivity contribution is 7.10. The Labute approximate surface area is 100 Å². The highest BCUT2D eigenvalue weighted by atomic mass is 35.5. The van der Waals surface area contributed by atoms with E-state index < -0.39 is 0 Å². The van der Waals surface area contributed by atoms with Gasteiger partial charge in [-0.15, -0.1) is 23.7 Å². The van der Waals surface area contributed by atoms with E-state index in [1.807, 2.05) is 11.4 Å². The van der Waals surface area contributed by atoms with Gasteiger partial charge in [0.25, 0.3) is 0 Å². The molecule has 0 aliphatic rings. The lowest BCUT2D eigenvalue weighted by atomic mass is 10.3. The summed E-state index contributed by atoms with van der Waals surface area (Å²) in [7, 11) is 2.07. The normalized spacial score (nSPS) is 12.6. The van der Waals surface area contributed by atoms with Gasteiger partial charge < -0.3 is 5.73 Å². The summed E-state index contributed by atoms with van der Waals surface area (Å²) in [5, 5.41) is 2.78. The molecule has 1 unspecified atom stereocenters. The van der Waals surface area contributed by atoms with Gasteiger partial charge in [0.05, 0.1) is 5.02 Å². The molecule has 0 fully saturated rings. The Morgan fingerprint density at radius 3 is 2.71 bits per heavy atom. The number of halogens is 2. The lowest BCUT2D eigenvalue weighted by Gasteiger charge is -2.22. The Morgan fingerprint density at radius 2 is 2.29 bits per heavy atom. The largest absolute Gasteiger partial charge is 0.329 e. The van der Waals surface area contributed by atoms with Crippen LogP contribution in [-0.4, -0.2) is 24.5 Å². The van der Waals surface area contributed by atoms with Gasteiger partial charge in [0.15, 0.2) is 0 Å². The molecule has 14 heavy (non-hydrogen) atoms. The predicted octanol–water partition coefficient (Wildman–Crippen LogP) is 2.60. The molecule has 2 N–H and O–H groups in total. The van der Waals surface area contributed by atoms with Crippen LogP contribution in [0.3, 0.4) is 0 Å². The van der Waals surface area contributed by atoms with E-state index in [4.69, 9.17) is 17.3 Å². The van der Waals surface area contributed by atoms with E-state index in [0.29, 0.717) is 12.6 Å². The second-order valence-corrected chi connectivity index (χ2v) is 4.66. The molecule has 0 amide bonds. The summed E-state index contributed by atoms with van der Waals surface area (Å²) in [4.78, 5) is 3.51. The lowest BCUT2D eigenvalue weighted by Crippen LogP contribution is -2.34. The van der Waals surface area contributed by atoms with Crippen LogP contribution in [0.4, 0.5) is 0 Å². The summed E-state index contributed by atoms with van der Waals surface area (Å²) in [5.41, 5.74) is 5.57. The van der Waals surface area contributed by atoms with E-state index in [1.165, 1.54) is 4.88 Å². The lowest BCUT2D eigenvalue weighted by molar-refractivity contribution is 0.257. The van der Waals surface area contributed by atoms with Crippen molar-refractivity contribution in [3.8, 4) is 0 Å². The molecule has 1 aromatic heterocycles. The van der Waals surface area contributed by atoms with Gasteiger partial charge in [0.1, 0.15) is 0 Å². The minimum atomic E-state index is 0. The smallest absolute Gasteiger partial charge is 0.0516 e. The van der Waals surface area contributed by atoms with Crippen LogP contribution in [0.25, 0.3) is 0 Å². The van der Waals surface area contributed by atoms with E-state index in [1.54, 1.807) is 11.3 Å². The second kappa shape index (κ2) is 6.64. The highest BCUT2D eigenvalue weighted by Gasteiger charge is 2.08. The Bertz CT molecular complexity index is 265. The third kappa shape index (κ3) is 4.15. The molecule has 0 aliphatic carbocycles. The first-order valence-corrected chi connectivity index (χ1v) is 5.52. The maximum Gasteiger partial charge on any atom is 0.0516 e. The Hall–Kier alpha value is 0.200. The number of thiophene rings is 1. The average Bonchev–Trinajstić information content (AvgIpc) is 2.49. The minimum Gasteiger partial charge on any atom is -0.329 e. The molecule has 1 heterocycles. The van der Waals surface area contributed by atoms with E-state index in [2.05, 4.69) is 18.9 Å². The third-order valence-corrected chi connectivity index (χ3v) is 3.39. The molecule has 0 saturated heterocycles. The molecule has 5 heteroatoms. The van der Waals surface area contributed by atoms with Crippen molar-refractivity contribution in [1.82, 2.24) is 4.90 Å². The highest BCUT2D eigenvalue weighted by Crippen LogP contribution is 2.20. The number of rotatable bonds is 4. The predicted molar refractivity (Wildman–Crippen MR) is 66.6 cm³/mol. The number of nitrogens with zero attached hydrogens (tertiary/aromatic N) is 1. The van der Waals surface area contributed by atoms with E-state index in [-0.39, 0.29) is 12.4 Å². The molecule has 0 aliphatic heterocycles. The van der Waals surface area contributed by atoms with Gasteiger partial charge in [-0.05, 0) is 20.0 Å². The number of nitrogens with two attached hydrogens (primary N) is 1. The van der Waals surface area contributed by atoms with Gasteiger partial charge in [-0.3, -0.25) is 4.90 Å². The summed E-state index contributed by atoms with van der Waals surface area (Å²) in [5.74, 6) is 0. The maximum absolute atomic E-state index is 5.82. The van der Waals surface area contributed by atoms with Crippen LogP contribution < -0.4 is 5.73 Å². The molecule has 0 spiro atoms. The number of likely N-dealkylation sites (N-methyl/N-ethyl adjacent to an activating group) is 1. The maximum atomic E-state index is 5.82. The number of hydrogen-bond acceptors (Lipinski definition) is 3. The van der Waals surface area contributed by atoms with Crippen molar-refractivity contribution in [2.75, 3.05) is 13.6 Å². The van der Waals surface area contributed by atoms with E-state index in [9.17, 15) is 0 Å². The topological polar surface area (TPSA) is 29.3 Å². The van der Waals surface area contributed by atoms with Gasteiger partial charge in [0, 0.05) is 29.4 Å². The van der Waals surface area contributed by atoms with Crippen molar-refractivity contribution >= 4 is 35.3 Å². The van der Waals surface area contributed by atoms with Gasteiger partial charge >= 0.3 is 0 Å². The summed E-state index contributed by atoms with van der Waals surface area (Å²) >= 11 is 7.52. The Kier molecular flexibility index (Phi) is 6.74. The quantitative estimate of drug-likeness (QED) is 0.896. The van der Waals surface area contributed by atoms with Crippen LogP contribution >= 0.6 is 35.3 Å². The first kappa shape index (κ1) is 14.2. The first-order valence-electron chi connectivity index (χ1n) is 4.26. The Balaban J connectivity index is 0.00000169. The molecule has 82 valence electrons. The number of hydrogen-bond donors (Lipinski definition) is 1. The summed E-state index contributed by atoms with van der Waals surface area (Å²) in [6.45, 7) is 3.74. The molecular weight excluding hydrogens is 239 g/mol. The van der Waals surface area contributed by atoms with Crippen molar-refractivity contribution in [2.45, 2.75) is 19.5 Å². The molecule has 0 aromatic carbocycles. The van der Waals surface area contributed by atoms with Crippen LogP contribution in [0, 0.1) is 0 Å². The molecular formula is C9H16Cl2N2S. The fourth-order valence-electron chi connectivity index (χ4n) is 1.02. The van der Waals surface area contributed by atoms with Gasteiger partial charge in [0.2, 0.25) is 0 Å². The second-order valence-electron chi connectivity index (χ2n) is 3.23. The van der Waals surface area contributed by atoms with Gasteiger partial charge in [-0.25, -0.2) is 0 Å². The van der Waals surface area contributed by atoms with Crippen LogP contribution in [0.15, 0.2) is 11.4 Å². The van der Waals surface area contributed by atoms with Crippen molar-refractivity contribution in [1.29, 1.82) is 0 Å². The van der Waals surface area contributed by atoms with Gasteiger partial charge in [-0.1, -0.05) is 11.6 Å². The summed E-state index contributed by atoms with van der Waals surface area (Å²) < 4.78 is 0. The van der Waals surface area contributed by atoms with Crippen molar-refractivity contribution in [3.63, 3.8) is 0 Å². The summed E-state index contributed by atoms with van der Waals surface area (Å²) in [6, 6.07) is 2.42. The summed E-state index contributed by atoms with van der Waals surface area (Å²) in [6.07, 6.45) is 0. The van der Waals surface area contributed by atoms with Crippen molar-refractivity contribution in [2.24, 2.45) is 5.73 Å². The fraction of sp³-hybridized carbons (Fsp3) is 0.556. The van der Waals surface area contributed by atoms with E-state index in [0.717, 1.165) is 11.6 Å². The molecule has 0 saturated carbocycles. The molecule has 1 rings (SSSR count). The van der Waals surface area contributed by atoms with Crippen LogP contribution in [0.1, 0.15) is 11.8 Å². The van der Waals surface area contributed by atoms with E-state index >= 15 is 0 Å². The van der Waals surface area contributed by atoms with Crippen LogP contribution in [0.2, 0.25) is 5.02 Å². The molecule has 0 radical (unpaired) electrons. The fourth-order valence-corrected chi connectivity index (χ4v) is 2.15. The van der Waals surface area contributed by atoms with Crippen molar-refractivity contribution < 1.29 is 0 Å². The molecule has 1 aromatic rings. The monoisotopic (exact) mass is 254 g/mol. The van der Waals surface area contributed by atoms with Crippen LogP contribution in [0.5, 0.6) is 0 Å². The molecule has 1 atom stereocenters. The standard InChI is InChI=1S/C9H15ClN2S.ClH/c1-7(4-11)12(2)5-9-3-8(10)6-13-9;/h3,6-7H,4-5,11H2,1-2H3;1H. The van der Waals surface area contributed by atoms with Crippen molar-refractivity contribution in [3.05, 3.63) is 21.3 Å². The molecule has 2 nitrogen and oxygen atoms in total.